The second-order valence-corrected chi connectivity index (χ2v) is 8.52. The zero-order valence-corrected chi connectivity index (χ0v) is 18.5. The summed E-state index contributed by atoms with van der Waals surface area (Å²) >= 11 is 0. The highest BCUT2D eigenvalue weighted by molar-refractivity contribution is 6.09. The maximum atomic E-state index is 5.01. The van der Waals surface area contributed by atoms with Crippen LogP contribution in [0.25, 0.3) is 55.7 Å². The normalized spacial score (nSPS) is 11.5. The van der Waals surface area contributed by atoms with Crippen LogP contribution in [0.15, 0.2) is 128 Å². The van der Waals surface area contributed by atoms with Gasteiger partial charge in [0.25, 0.3) is 0 Å². The van der Waals surface area contributed by atoms with Gasteiger partial charge in [0.15, 0.2) is 0 Å². The Bertz CT molecular complexity index is 1750. The molecule has 0 spiro atoms. The van der Waals surface area contributed by atoms with E-state index >= 15 is 0 Å². The predicted octanol–water partition coefficient (Wildman–Crippen LogP) is 7.77. The van der Waals surface area contributed by atoms with E-state index in [-0.39, 0.29) is 0 Å². The smallest absolute Gasteiger partial charge is 0.137 e. The zero-order chi connectivity index (χ0) is 22.5. The van der Waals surface area contributed by atoms with Gasteiger partial charge < -0.3 is 4.57 Å². The highest BCUT2D eigenvalue weighted by Crippen LogP contribution is 2.36. The highest BCUT2D eigenvalue weighted by atomic mass is 15.0. The molecule has 0 amide bonds. The van der Waals surface area contributed by atoms with Gasteiger partial charge in [0.1, 0.15) is 5.65 Å². The Kier molecular flexibility index (Phi) is 4.15. The van der Waals surface area contributed by atoms with Gasteiger partial charge in [-0.15, -0.1) is 0 Å². The van der Waals surface area contributed by atoms with Crippen LogP contribution >= 0.6 is 0 Å². The fraction of sp³-hybridized carbons (Fsp3) is 0. The van der Waals surface area contributed by atoms with Crippen molar-refractivity contribution in [1.29, 1.82) is 0 Å². The molecule has 0 N–H and O–H groups in total. The molecule has 3 heteroatoms. The third-order valence-corrected chi connectivity index (χ3v) is 6.54. The summed E-state index contributed by atoms with van der Waals surface area (Å²) in [7, 11) is 0. The summed E-state index contributed by atoms with van der Waals surface area (Å²) in [4.78, 5) is 5.01. The van der Waals surface area contributed by atoms with Gasteiger partial charge in [0, 0.05) is 33.8 Å². The monoisotopic (exact) mass is 435 g/mol. The van der Waals surface area contributed by atoms with E-state index in [9.17, 15) is 0 Å². The van der Waals surface area contributed by atoms with E-state index in [1.807, 2.05) is 12.1 Å². The minimum absolute atomic E-state index is 0.943. The van der Waals surface area contributed by atoms with Crippen molar-refractivity contribution >= 4 is 27.5 Å². The summed E-state index contributed by atoms with van der Waals surface area (Å²) in [6.45, 7) is 0. The van der Waals surface area contributed by atoms with Crippen molar-refractivity contribution in [3.8, 4) is 28.2 Å². The quantitative estimate of drug-likeness (QED) is 0.278. The van der Waals surface area contributed by atoms with E-state index in [1.165, 1.54) is 21.8 Å². The lowest BCUT2D eigenvalue weighted by molar-refractivity contribution is 1.17. The van der Waals surface area contributed by atoms with Crippen molar-refractivity contribution in [1.82, 2.24) is 14.0 Å². The van der Waals surface area contributed by atoms with E-state index in [1.54, 1.807) is 0 Å². The first-order chi connectivity index (χ1) is 16.9. The lowest BCUT2D eigenvalue weighted by Gasteiger charge is -2.11. The second-order valence-electron chi connectivity index (χ2n) is 8.52. The fourth-order valence-corrected chi connectivity index (χ4v) is 5.06. The van der Waals surface area contributed by atoms with Crippen LogP contribution in [0.5, 0.6) is 0 Å². The zero-order valence-electron chi connectivity index (χ0n) is 18.5. The summed E-state index contributed by atoms with van der Waals surface area (Å²) in [6.07, 6.45) is 2.09. The molecule has 0 atom stereocenters. The van der Waals surface area contributed by atoms with Gasteiger partial charge >= 0.3 is 0 Å². The topological polar surface area (TPSA) is 22.2 Å². The third-order valence-electron chi connectivity index (χ3n) is 6.54. The Hall–Kier alpha value is -4.63. The number of benzene rings is 4. The van der Waals surface area contributed by atoms with Crippen molar-refractivity contribution < 1.29 is 0 Å². The Morgan fingerprint density at radius 3 is 1.94 bits per heavy atom. The molecule has 4 aromatic carbocycles. The number of imidazole rings is 1. The predicted molar refractivity (Wildman–Crippen MR) is 140 cm³/mol. The molecule has 0 bridgehead atoms. The number of fused-ring (bicyclic) bond motifs is 4. The average Bonchev–Trinajstić information content (AvgIpc) is 3.46. The SMILES string of the molecule is c1ccc(-c2nc3ccccn3c2-c2cccc(-n3c4ccccc4c4ccccc43)c2)cc1. The summed E-state index contributed by atoms with van der Waals surface area (Å²) in [5, 5.41) is 2.53. The number of nitrogens with zero attached hydrogens (tertiary/aromatic N) is 3. The molecule has 0 unspecified atom stereocenters. The fourth-order valence-electron chi connectivity index (χ4n) is 5.06. The van der Waals surface area contributed by atoms with Crippen molar-refractivity contribution in [2.45, 2.75) is 0 Å². The van der Waals surface area contributed by atoms with Gasteiger partial charge in [-0.25, -0.2) is 4.98 Å². The molecule has 0 aliphatic rings. The van der Waals surface area contributed by atoms with Crippen molar-refractivity contribution in [2.75, 3.05) is 0 Å². The molecule has 3 heterocycles. The molecule has 3 aromatic heterocycles. The number of hydrogen-bond acceptors (Lipinski definition) is 1. The van der Waals surface area contributed by atoms with E-state index in [4.69, 9.17) is 4.98 Å². The van der Waals surface area contributed by atoms with Crippen molar-refractivity contribution in [2.24, 2.45) is 0 Å². The Morgan fingerprint density at radius 1 is 0.529 bits per heavy atom. The molecule has 0 radical (unpaired) electrons. The minimum atomic E-state index is 0.943. The molecule has 0 fully saturated rings. The second kappa shape index (κ2) is 7.46. The first-order valence-electron chi connectivity index (χ1n) is 11.5. The Labute approximate surface area is 197 Å². The van der Waals surface area contributed by atoms with E-state index < -0.39 is 0 Å². The van der Waals surface area contributed by atoms with Crippen LogP contribution < -0.4 is 0 Å². The lowest BCUT2D eigenvalue weighted by Crippen LogP contribution is -1.95. The molecule has 0 aliphatic carbocycles. The van der Waals surface area contributed by atoms with Gasteiger partial charge in [0.05, 0.1) is 22.4 Å². The number of pyridine rings is 1. The van der Waals surface area contributed by atoms with Crippen LogP contribution in [0.4, 0.5) is 0 Å². The maximum absolute atomic E-state index is 5.01. The summed E-state index contributed by atoms with van der Waals surface area (Å²) in [5.41, 5.74) is 8.85. The van der Waals surface area contributed by atoms with Crippen LogP contribution in [0.1, 0.15) is 0 Å². The Balaban J connectivity index is 1.52. The maximum Gasteiger partial charge on any atom is 0.137 e. The number of hydrogen-bond donors (Lipinski definition) is 0. The largest absolute Gasteiger partial charge is 0.309 e. The molecule has 0 aliphatic heterocycles. The molecular weight excluding hydrogens is 414 g/mol. The molecule has 7 aromatic rings. The number of rotatable bonds is 3. The van der Waals surface area contributed by atoms with Gasteiger partial charge in [-0.3, -0.25) is 4.40 Å². The van der Waals surface area contributed by atoms with Gasteiger partial charge in [-0.2, -0.15) is 0 Å². The molecular formula is C31H21N3. The first-order valence-corrected chi connectivity index (χ1v) is 11.5. The number of para-hydroxylation sites is 2. The van der Waals surface area contributed by atoms with E-state index in [0.717, 1.165) is 33.8 Å². The lowest BCUT2D eigenvalue weighted by atomic mass is 10.0. The van der Waals surface area contributed by atoms with Crippen LogP contribution in [0.2, 0.25) is 0 Å². The standard InChI is InChI=1S/C31H21N3/c1-2-11-22(12-3-1)30-31(33-20-9-8-19-29(33)32-30)23-13-10-14-24(21-23)34-27-17-6-4-15-25(27)26-16-5-7-18-28(26)34/h1-21H. The highest BCUT2D eigenvalue weighted by Gasteiger charge is 2.17. The molecule has 160 valence electrons. The van der Waals surface area contributed by atoms with E-state index in [2.05, 4.69) is 124 Å². The van der Waals surface area contributed by atoms with Gasteiger partial charge in [0.2, 0.25) is 0 Å². The van der Waals surface area contributed by atoms with Crippen molar-refractivity contribution in [3.63, 3.8) is 0 Å². The number of aromatic nitrogens is 3. The summed E-state index contributed by atoms with van der Waals surface area (Å²) in [6, 6.07) is 42.6. The molecule has 0 saturated heterocycles. The van der Waals surface area contributed by atoms with E-state index in [0.29, 0.717) is 0 Å². The van der Waals surface area contributed by atoms with Crippen molar-refractivity contribution in [3.05, 3.63) is 128 Å². The average molecular weight is 436 g/mol. The molecule has 0 saturated carbocycles. The molecule has 3 nitrogen and oxygen atoms in total. The van der Waals surface area contributed by atoms with Crippen LogP contribution in [-0.4, -0.2) is 14.0 Å². The molecule has 7 rings (SSSR count). The van der Waals surface area contributed by atoms with Gasteiger partial charge in [-0.05, 0) is 36.4 Å². The Morgan fingerprint density at radius 2 is 1.18 bits per heavy atom. The minimum Gasteiger partial charge on any atom is -0.309 e. The van der Waals surface area contributed by atoms with Crippen LogP contribution in [-0.2, 0) is 0 Å². The summed E-state index contributed by atoms with van der Waals surface area (Å²) < 4.78 is 4.55. The third kappa shape index (κ3) is 2.81. The van der Waals surface area contributed by atoms with Gasteiger partial charge in [-0.1, -0.05) is 84.9 Å². The summed E-state index contributed by atoms with van der Waals surface area (Å²) in [5.74, 6) is 0. The van der Waals surface area contributed by atoms with Crippen LogP contribution in [0.3, 0.4) is 0 Å². The molecule has 34 heavy (non-hydrogen) atoms. The first kappa shape index (κ1) is 18.9. The van der Waals surface area contributed by atoms with Crippen LogP contribution in [0, 0.1) is 0 Å².